The lowest BCUT2D eigenvalue weighted by Gasteiger charge is -2.23. The molecular weight excluding hydrogens is 1190 g/mol. The summed E-state index contributed by atoms with van der Waals surface area (Å²) in [6.07, 6.45) is 16.1. The van der Waals surface area contributed by atoms with E-state index in [1.165, 1.54) is 0 Å². The first-order chi connectivity index (χ1) is 46.4. The molecule has 1 aliphatic rings. The molecule has 95 heavy (non-hydrogen) atoms. The third kappa shape index (κ3) is 11.7. The molecule has 13 aromatic rings. The molecule has 1 aliphatic carbocycles. The number of aryl methyl sites for hydroxylation is 2. The highest BCUT2D eigenvalue weighted by atomic mass is 16.5. The molecule has 0 unspecified atom stereocenters. The molecule has 14 rings (SSSR count). The summed E-state index contributed by atoms with van der Waals surface area (Å²) >= 11 is 0. The summed E-state index contributed by atoms with van der Waals surface area (Å²) in [6, 6.07) is 33.5. The molecule has 5 heterocycles. The Labute approximate surface area is 547 Å². The number of nitrogens with one attached hydrogen (secondary N) is 5. The van der Waals surface area contributed by atoms with Crippen LogP contribution in [0.25, 0.3) is 109 Å². The maximum atomic E-state index is 15.3. The second-order valence-corrected chi connectivity index (χ2v) is 25.9. The number of rotatable bonds is 26. The summed E-state index contributed by atoms with van der Waals surface area (Å²) in [6.45, 7) is 10.6. The molecule has 0 fully saturated rings. The van der Waals surface area contributed by atoms with Crippen molar-refractivity contribution >= 4 is 115 Å². The van der Waals surface area contributed by atoms with E-state index in [-0.39, 0.29) is 54.5 Å². The van der Waals surface area contributed by atoms with Crippen molar-refractivity contribution in [3.8, 4) is 23.0 Å². The number of hydrogen-bond donors (Lipinski definition) is 5. The monoisotopic (exact) mass is 1270 g/mol. The zero-order chi connectivity index (χ0) is 65.4. The summed E-state index contributed by atoms with van der Waals surface area (Å²) < 4.78 is 24.4. The normalized spacial score (nSPS) is 12.4. The van der Waals surface area contributed by atoms with Crippen molar-refractivity contribution in [1.82, 2.24) is 24.9 Å². The van der Waals surface area contributed by atoms with Crippen LogP contribution in [0.1, 0.15) is 162 Å². The third-order valence-electron chi connectivity index (χ3n) is 19.3. The molecule has 0 saturated carbocycles. The van der Waals surface area contributed by atoms with E-state index in [0.29, 0.717) is 173 Å². The van der Waals surface area contributed by atoms with Crippen LogP contribution in [0.15, 0.2) is 133 Å². The fraction of sp³-hybridized carbons (Fsp3) is 0.325. The van der Waals surface area contributed by atoms with Crippen molar-refractivity contribution in [2.45, 2.75) is 143 Å². The molecule has 8 aromatic carbocycles. The van der Waals surface area contributed by atoms with Crippen LogP contribution in [-0.4, -0.2) is 57.1 Å². The predicted octanol–water partition coefficient (Wildman–Crippen LogP) is 17.0. The number of ether oxygens (including phenoxy) is 4. The van der Waals surface area contributed by atoms with Crippen LogP contribution in [0.3, 0.4) is 0 Å². The Morgan fingerprint density at radius 2 is 0.653 bits per heavy atom. The van der Waals surface area contributed by atoms with Gasteiger partial charge in [0.25, 0.3) is 0 Å². The van der Waals surface area contributed by atoms with Gasteiger partial charge in [-0.2, -0.15) is 0 Å². The molecule has 0 bridgehead atoms. The Morgan fingerprint density at radius 1 is 0.326 bits per heavy atom. The number of unbranched alkanes of at least 4 members (excludes halogenated alkanes) is 10. The van der Waals surface area contributed by atoms with Crippen LogP contribution in [0.4, 0.5) is 0 Å². The molecule has 0 amide bonds. The first kappa shape index (κ1) is 62.4. The van der Waals surface area contributed by atoms with E-state index in [2.05, 4.69) is 52.6 Å². The molecule has 5 N–H and O–H groups in total. The number of aromatic nitrogens is 5. The van der Waals surface area contributed by atoms with Crippen LogP contribution in [-0.2, 0) is 19.3 Å². The smallest absolute Gasteiger partial charge is 0.199 e. The highest BCUT2D eigenvalue weighted by Crippen LogP contribution is 2.40. The van der Waals surface area contributed by atoms with E-state index in [1.54, 1.807) is 24.3 Å². The largest absolute Gasteiger partial charge is 0.494 e. The first-order valence-corrected chi connectivity index (χ1v) is 34.4. The second kappa shape index (κ2) is 26.8. The summed E-state index contributed by atoms with van der Waals surface area (Å²) in [5.74, 6) is 2.04. The number of ketones is 1. The minimum atomic E-state index is -0.332. The molecule has 0 spiro atoms. The summed E-state index contributed by atoms with van der Waals surface area (Å²) in [7, 11) is 0. The first-order valence-electron chi connectivity index (χ1n) is 34.4. The Morgan fingerprint density at radius 3 is 1.05 bits per heavy atom. The van der Waals surface area contributed by atoms with E-state index in [1.807, 2.05) is 84.9 Å². The van der Waals surface area contributed by atoms with Gasteiger partial charge in [0.2, 0.25) is 0 Å². The van der Waals surface area contributed by atoms with Crippen molar-refractivity contribution in [1.29, 1.82) is 0 Å². The Balaban J connectivity index is 0.777. The number of H-pyrrole nitrogens is 5. The Hall–Kier alpha value is -10.0. The molecular formula is C80H79N5O10. The Bertz CT molecular complexity index is 5490. The van der Waals surface area contributed by atoms with Gasteiger partial charge in [-0.1, -0.05) is 104 Å². The van der Waals surface area contributed by atoms with Gasteiger partial charge in [-0.25, -0.2) is 0 Å². The van der Waals surface area contributed by atoms with Gasteiger partial charge >= 0.3 is 0 Å². The van der Waals surface area contributed by atoms with Crippen molar-refractivity contribution in [2.75, 3.05) is 26.4 Å². The maximum absolute atomic E-state index is 15.3. The van der Waals surface area contributed by atoms with Gasteiger partial charge in [-0.15, -0.1) is 0 Å². The van der Waals surface area contributed by atoms with Crippen molar-refractivity contribution in [2.24, 2.45) is 0 Å². The van der Waals surface area contributed by atoms with E-state index >= 15 is 28.8 Å². The minimum absolute atomic E-state index is 0.212. The number of aromatic amines is 5. The van der Waals surface area contributed by atoms with Crippen LogP contribution in [0.5, 0.6) is 23.0 Å². The molecule has 0 aliphatic heterocycles. The lowest BCUT2D eigenvalue weighted by molar-refractivity contribution is 0.103. The fourth-order valence-electron chi connectivity index (χ4n) is 14.3. The molecule has 15 nitrogen and oxygen atoms in total. The van der Waals surface area contributed by atoms with E-state index in [9.17, 15) is 0 Å². The molecule has 0 atom stereocenters. The number of carbonyl (C=O) groups excluding carboxylic acids is 1. The van der Waals surface area contributed by atoms with Gasteiger partial charge in [0, 0.05) is 43.5 Å². The van der Waals surface area contributed by atoms with Gasteiger partial charge in [0.05, 0.1) is 103 Å². The summed E-state index contributed by atoms with van der Waals surface area (Å²) in [4.78, 5) is 108. The molecule has 0 saturated heterocycles. The average molecular weight is 1270 g/mol. The molecule has 0 radical (unpaired) electrons. The van der Waals surface area contributed by atoms with E-state index < -0.39 is 0 Å². The lowest BCUT2D eigenvalue weighted by Crippen LogP contribution is -2.22. The quantitative estimate of drug-likeness (QED) is 0.0196. The molecule has 484 valence electrons. The number of fused-ring (bicyclic) bond motifs is 18. The lowest BCUT2D eigenvalue weighted by atomic mass is 9.81. The van der Waals surface area contributed by atoms with Crippen LogP contribution in [0.2, 0.25) is 0 Å². The van der Waals surface area contributed by atoms with Gasteiger partial charge < -0.3 is 43.9 Å². The highest BCUT2D eigenvalue weighted by Gasteiger charge is 2.32. The van der Waals surface area contributed by atoms with Crippen LogP contribution < -0.4 is 46.1 Å². The average Bonchev–Trinajstić information content (AvgIpc) is 0.710. The third-order valence-corrected chi connectivity index (χ3v) is 19.3. The predicted molar refractivity (Wildman–Crippen MR) is 385 cm³/mol. The van der Waals surface area contributed by atoms with Crippen molar-refractivity contribution in [3.63, 3.8) is 0 Å². The Kier molecular flexibility index (Phi) is 17.6. The molecule has 5 aromatic heterocycles. The SMILES string of the molecule is CCCCCOc1ccc2c(c1)C(=O)c1c(c3c(=O)c4cc(CCCCCc5ccc6[nH]c7c(c(=O)c6c5)c5[nH]c6ccc(OCCCCC)cc6c(=O)c5c5[nH]c6ccc(OCCCCC)cc6c(=O)c75)ccc4[nH]c3c3c(=O)c4cc(OCCCCC)ccc4[nH]c13)C2. The number of hydrogen-bond acceptors (Lipinski definition) is 10. The van der Waals surface area contributed by atoms with E-state index in [4.69, 9.17) is 18.9 Å². The summed E-state index contributed by atoms with van der Waals surface area (Å²) in [5.41, 5.74) is 7.15. The maximum Gasteiger partial charge on any atom is 0.199 e. The van der Waals surface area contributed by atoms with Gasteiger partial charge in [0.15, 0.2) is 32.9 Å². The van der Waals surface area contributed by atoms with Crippen molar-refractivity contribution in [3.05, 3.63) is 194 Å². The number of pyridine rings is 5. The second-order valence-electron chi connectivity index (χ2n) is 25.9. The standard InChI is InChI=1S/C80H79N5O10/c1-5-9-16-34-92-48-25-24-47-40-58-64(75(86)52(47)41-48)70-66(78(89)55-42-49(26-31-61(55)82-70)93-35-17-10-6-2)71-65(58)76(87)53-38-45(22-29-59(53)81-71)20-14-13-15-21-46-23-30-60-54(39-46)77(88)67-72(83-60)68-74(85-63-33-28-51(44-57(63)79(68)90)95-37-19-12-8-4)69-73(67)84-62-32-27-50(43-56(62)80(69)91)94-36-18-11-7-3/h22-33,38-39,41-44H,5-21,34-37,40H2,1-4H3,(H,81,87)(H,82,89)(H,83,88)(H,84,91)(H,85,90). The minimum Gasteiger partial charge on any atom is -0.494 e. The topological polar surface area (TPSA) is 218 Å². The van der Waals surface area contributed by atoms with E-state index in [0.717, 1.165) is 113 Å². The van der Waals surface area contributed by atoms with Crippen LogP contribution >= 0.6 is 0 Å². The zero-order valence-corrected chi connectivity index (χ0v) is 54.5. The highest BCUT2D eigenvalue weighted by molar-refractivity contribution is 6.27. The number of carbonyl (C=O) groups is 1. The van der Waals surface area contributed by atoms with Crippen LogP contribution in [0, 0.1) is 0 Å². The van der Waals surface area contributed by atoms with Gasteiger partial charge in [0.1, 0.15) is 23.0 Å². The van der Waals surface area contributed by atoms with Gasteiger partial charge in [-0.3, -0.25) is 28.8 Å². The van der Waals surface area contributed by atoms with Crippen molar-refractivity contribution < 1.29 is 23.7 Å². The fourth-order valence-corrected chi connectivity index (χ4v) is 14.3. The van der Waals surface area contributed by atoms with Gasteiger partial charge in [-0.05, 0) is 171 Å². The number of benzene rings is 8. The summed E-state index contributed by atoms with van der Waals surface area (Å²) in [5, 5.41) is 3.30. The zero-order valence-electron chi connectivity index (χ0n) is 54.5. The molecule has 15 heteroatoms.